The topological polar surface area (TPSA) is 46.3 Å². The minimum atomic E-state index is 0. The summed E-state index contributed by atoms with van der Waals surface area (Å²) in [6.45, 7) is 5.54. The van der Waals surface area contributed by atoms with Gasteiger partial charge >= 0.3 is 0 Å². The quantitative estimate of drug-likeness (QED) is 0.878. The van der Waals surface area contributed by atoms with E-state index in [4.69, 9.17) is 5.73 Å². The molecule has 1 saturated heterocycles. The van der Waals surface area contributed by atoms with Crippen LogP contribution in [0.15, 0.2) is 22.7 Å². The SMILES string of the molecule is Cc1cc(Br)cc(C(=O)N2CCCC(C)C2CN)c1.Cl. The van der Waals surface area contributed by atoms with Gasteiger partial charge < -0.3 is 10.6 Å². The summed E-state index contributed by atoms with van der Waals surface area (Å²) in [7, 11) is 0. The minimum absolute atomic E-state index is 0. The van der Waals surface area contributed by atoms with E-state index in [0.717, 1.165) is 35.0 Å². The zero-order valence-electron chi connectivity index (χ0n) is 11.9. The number of nitrogens with two attached hydrogens (primary N) is 1. The summed E-state index contributed by atoms with van der Waals surface area (Å²) >= 11 is 3.45. The number of benzene rings is 1. The molecule has 112 valence electrons. The number of piperidine rings is 1. The van der Waals surface area contributed by atoms with E-state index in [1.807, 2.05) is 30.0 Å². The first-order valence-electron chi connectivity index (χ1n) is 6.81. The Morgan fingerprint density at radius 3 is 2.75 bits per heavy atom. The lowest BCUT2D eigenvalue weighted by atomic mass is 9.90. The molecule has 0 radical (unpaired) electrons. The van der Waals surface area contributed by atoms with Crippen LogP contribution < -0.4 is 5.73 Å². The molecule has 2 N–H and O–H groups in total. The van der Waals surface area contributed by atoms with Gasteiger partial charge in [0.05, 0.1) is 0 Å². The Morgan fingerprint density at radius 1 is 1.45 bits per heavy atom. The summed E-state index contributed by atoms with van der Waals surface area (Å²) < 4.78 is 0.949. The largest absolute Gasteiger partial charge is 0.334 e. The Morgan fingerprint density at radius 2 is 2.15 bits per heavy atom. The number of hydrogen-bond donors (Lipinski definition) is 1. The fraction of sp³-hybridized carbons (Fsp3) is 0.533. The van der Waals surface area contributed by atoms with Crippen LogP contribution in [0.5, 0.6) is 0 Å². The summed E-state index contributed by atoms with van der Waals surface area (Å²) in [6, 6.07) is 6.01. The number of likely N-dealkylation sites (tertiary alicyclic amines) is 1. The van der Waals surface area contributed by atoms with Crippen molar-refractivity contribution in [1.29, 1.82) is 0 Å². The van der Waals surface area contributed by atoms with Crippen LogP contribution in [0.25, 0.3) is 0 Å². The highest BCUT2D eigenvalue weighted by Crippen LogP contribution is 2.25. The molecule has 0 spiro atoms. The Balaban J connectivity index is 0.00000200. The van der Waals surface area contributed by atoms with Gasteiger partial charge in [-0.25, -0.2) is 0 Å². The van der Waals surface area contributed by atoms with E-state index in [-0.39, 0.29) is 24.4 Å². The molecule has 1 aliphatic rings. The lowest BCUT2D eigenvalue weighted by Gasteiger charge is -2.39. The fourth-order valence-corrected chi connectivity index (χ4v) is 3.49. The first kappa shape index (κ1) is 17.5. The van der Waals surface area contributed by atoms with Crippen LogP contribution in [0.4, 0.5) is 0 Å². The molecule has 1 aromatic carbocycles. The second kappa shape index (κ2) is 7.43. The van der Waals surface area contributed by atoms with Crippen molar-refractivity contribution in [2.75, 3.05) is 13.1 Å². The number of amides is 1. The Bertz CT molecular complexity index is 461. The number of rotatable bonds is 2. The molecule has 0 aromatic heterocycles. The maximum absolute atomic E-state index is 12.7. The summed E-state index contributed by atoms with van der Waals surface area (Å²) in [5.74, 6) is 0.586. The Labute approximate surface area is 135 Å². The molecule has 3 nitrogen and oxygen atoms in total. The van der Waals surface area contributed by atoms with Crippen molar-refractivity contribution in [3.05, 3.63) is 33.8 Å². The number of nitrogens with zero attached hydrogens (tertiary/aromatic N) is 1. The van der Waals surface area contributed by atoms with Gasteiger partial charge in [-0.2, -0.15) is 0 Å². The van der Waals surface area contributed by atoms with Gasteiger partial charge in [0.1, 0.15) is 0 Å². The smallest absolute Gasteiger partial charge is 0.254 e. The number of hydrogen-bond acceptors (Lipinski definition) is 2. The molecule has 1 fully saturated rings. The Kier molecular flexibility index (Phi) is 6.49. The Hall–Kier alpha value is -0.580. The monoisotopic (exact) mass is 360 g/mol. The predicted molar refractivity (Wildman–Crippen MR) is 88.4 cm³/mol. The summed E-state index contributed by atoms with van der Waals surface area (Å²) in [5.41, 5.74) is 7.70. The van der Waals surface area contributed by atoms with E-state index in [1.165, 1.54) is 0 Å². The third kappa shape index (κ3) is 3.74. The van der Waals surface area contributed by atoms with E-state index in [1.54, 1.807) is 0 Å². The van der Waals surface area contributed by atoms with Crippen LogP contribution in [0.2, 0.25) is 0 Å². The first-order valence-corrected chi connectivity index (χ1v) is 7.60. The molecule has 0 aliphatic carbocycles. The molecule has 1 aromatic rings. The average Bonchev–Trinajstić information content (AvgIpc) is 2.36. The van der Waals surface area contributed by atoms with Crippen molar-refractivity contribution < 1.29 is 4.79 Å². The van der Waals surface area contributed by atoms with Gasteiger partial charge in [0.25, 0.3) is 5.91 Å². The van der Waals surface area contributed by atoms with Gasteiger partial charge in [0, 0.05) is 29.2 Å². The molecule has 0 saturated carbocycles. The van der Waals surface area contributed by atoms with Gasteiger partial charge in [-0.15, -0.1) is 12.4 Å². The van der Waals surface area contributed by atoms with Gasteiger partial charge in [0.15, 0.2) is 0 Å². The molecule has 0 bridgehead atoms. The van der Waals surface area contributed by atoms with Crippen LogP contribution in [0.1, 0.15) is 35.7 Å². The molecule has 2 atom stereocenters. The zero-order chi connectivity index (χ0) is 14.0. The maximum Gasteiger partial charge on any atom is 0.254 e. The highest BCUT2D eigenvalue weighted by atomic mass is 79.9. The lowest BCUT2D eigenvalue weighted by Crippen LogP contribution is -2.51. The van der Waals surface area contributed by atoms with Gasteiger partial charge in [-0.3, -0.25) is 4.79 Å². The van der Waals surface area contributed by atoms with Crippen LogP contribution in [0.3, 0.4) is 0 Å². The number of carbonyl (C=O) groups excluding carboxylic acids is 1. The molecule has 5 heteroatoms. The van der Waals surface area contributed by atoms with Gasteiger partial charge in [0.2, 0.25) is 0 Å². The number of carbonyl (C=O) groups is 1. The molecule has 1 aliphatic heterocycles. The molecular weight excluding hydrogens is 340 g/mol. The van der Waals surface area contributed by atoms with Crippen molar-refractivity contribution in [2.24, 2.45) is 11.7 Å². The van der Waals surface area contributed by atoms with E-state index in [2.05, 4.69) is 22.9 Å². The van der Waals surface area contributed by atoms with Crippen LogP contribution in [-0.2, 0) is 0 Å². The molecule has 2 rings (SSSR count). The molecule has 1 amide bonds. The van der Waals surface area contributed by atoms with E-state index >= 15 is 0 Å². The lowest BCUT2D eigenvalue weighted by molar-refractivity contribution is 0.0532. The summed E-state index contributed by atoms with van der Waals surface area (Å²) in [6.07, 6.45) is 2.22. The third-order valence-electron chi connectivity index (χ3n) is 3.91. The maximum atomic E-state index is 12.7. The van der Waals surface area contributed by atoms with Crippen molar-refractivity contribution in [1.82, 2.24) is 4.90 Å². The highest BCUT2D eigenvalue weighted by Gasteiger charge is 2.31. The van der Waals surface area contributed by atoms with Crippen molar-refractivity contribution in [3.8, 4) is 0 Å². The highest BCUT2D eigenvalue weighted by molar-refractivity contribution is 9.10. The van der Waals surface area contributed by atoms with E-state index < -0.39 is 0 Å². The molecular formula is C15H22BrClN2O. The van der Waals surface area contributed by atoms with Crippen LogP contribution in [-0.4, -0.2) is 29.9 Å². The van der Waals surface area contributed by atoms with Crippen molar-refractivity contribution in [3.63, 3.8) is 0 Å². The van der Waals surface area contributed by atoms with E-state index in [0.29, 0.717) is 12.5 Å². The predicted octanol–water partition coefficient (Wildman–Crippen LogP) is 3.38. The summed E-state index contributed by atoms with van der Waals surface area (Å²) in [4.78, 5) is 14.6. The second-order valence-electron chi connectivity index (χ2n) is 5.44. The standard InChI is InChI=1S/C15H21BrN2O.ClH/c1-10-6-12(8-13(16)7-10)15(19)18-5-3-4-11(2)14(18)9-17;/h6-8,11,14H,3-5,9,17H2,1-2H3;1H. The normalized spacial score (nSPS) is 22.3. The number of halogens is 2. The number of aryl methyl sites for hydroxylation is 1. The molecule has 2 unspecified atom stereocenters. The molecule has 1 heterocycles. The van der Waals surface area contributed by atoms with Crippen LogP contribution in [0, 0.1) is 12.8 Å². The average molecular weight is 362 g/mol. The summed E-state index contributed by atoms with van der Waals surface area (Å²) in [5, 5.41) is 0. The first-order chi connectivity index (χ1) is 9.02. The van der Waals surface area contributed by atoms with Gasteiger partial charge in [-0.1, -0.05) is 22.9 Å². The van der Waals surface area contributed by atoms with Crippen molar-refractivity contribution in [2.45, 2.75) is 32.7 Å². The van der Waals surface area contributed by atoms with Crippen molar-refractivity contribution >= 4 is 34.2 Å². The molecule has 20 heavy (non-hydrogen) atoms. The third-order valence-corrected chi connectivity index (χ3v) is 4.36. The van der Waals surface area contributed by atoms with Crippen LogP contribution >= 0.6 is 28.3 Å². The zero-order valence-corrected chi connectivity index (χ0v) is 14.3. The van der Waals surface area contributed by atoms with Gasteiger partial charge in [-0.05, 0) is 49.4 Å². The minimum Gasteiger partial charge on any atom is -0.334 e. The fourth-order valence-electron chi connectivity index (χ4n) is 2.89. The van der Waals surface area contributed by atoms with E-state index in [9.17, 15) is 4.79 Å². The second-order valence-corrected chi connectivity index (χ2v) is 6.35.